The number of hydrogen-bond acceptors (Lipinski definition) is 5. The highest BCUT2D eigenvalue weighted by molar-refractivity contribution is 5.93. The summed E-state index contributed by atoms with van der Waals surface area (Å²) in [7, 11) is 1.48. The van der Waals surface area contributed by atoms with Crippen molar-refractivity contribution in [1.29, 1.82) is 0 Å². The van der Waals surface area contributed by atoms with Crippen molar-refractivity contribution < 1.29 is 19.1 Å². The quantitative estimate of drug-likeness (QED) is 0.638. The molecule has 6 nitrogen and oxygen atoms in total. The van der Waals surface area contributed by atoms with Gasteiger partial charge < -0.3 is 20.1 Å². The minimum Gasteiger partial charge on any atom is -0.497 e. The second-order valence-corrected chi connectivity index (χ2v) is 4.55. The zero-order valence-electron chi connectivity index (χ0n) is 12.9. The molecule has 0 bridgehead atoms. The Morgan fingerprint density at radius 3 is 2.38 bits per heavy atom. The third-order valence-electron chi connectivity index (χ3n) is 3.11. The highest BCUT2D eigenvalue weighted by atomic mass is 16.5. The van der Waals surface area contributed by atoms with Gasteiger partial charge in [-0.25, -0.2) is 4.79 Å². The van der Waals surface area contributed by atoms with Crippen molar-refractivity contribution in [3.05, 3.63) is 23.8 Å². The minimum atomic E-state index is -0.843. The number of methoxy groups -OCH3 is 1. The molecule has 1 amide bonds. The third-order valence-corrected chi connectivity index (χ3v) is 3.11. The van der Waals surface area contributed by atoms with E-state index in [9.17, 15) is 9.59 Å². The number of likely N-dealkylation sites (N-methyl/N-ethyl adjacent to an activating group) is 1. The van der Waals surface area contributed by atoms with E-state index >= 15 is 0 Å². The van der Waals surface area contributed by atoms with Gasteiger partial charge in [0.1, 0.15) is 5.75 Å². The predicted molar refractivity (Wildman–Crippen MR) is 80.2 cm³/mol. The Balaban J connectivity index is 2.81. The average Bonchev–Trinajstić information content (AvgIpc) is 2.47. The van der Waals surface area contributed by atoms with E-state index in [4.69, 9.17) is 15.2 Å². The zero-order chi connectivity index (χ0) is 16.0. The van der Waals surface area contributed by atoms with E-state index in [1.807, 2.05) is 13.8 Å². The highest BCUT2D eigenvalue weighted by Crippen LogP contribution is 2.19. The van der Waals surface area contributed by atoms with Crippen LogP contribution in [0.4, 0.5) is 5.69 Å². The summed E-state index contributed by atoms with van der Waals surface area (Å²) in [6, 6.07) is 4.61. The first kappa shape index (κ1) is 16.8. The third kappa shape index (κ3) is 4.37. The Kier molecular flexibility index (Phi) is 6.02. The first-order valence-corrected chi connectivity index (χ1v) is 6.87. The van der Waals surface area contributed by atoms with Gasteiger partial charge in [0.2, 0.25) is 0 Å². The fourth-order valence-corrected chi connectivity index (χ4v) is 1.93. The van der Waals surface area contributed by atoms with E-state index in [-0.39, 0.29) is 11.5 Å². The summed E-state index contributed by atoms with van der Waals surface area (Å²) in [6.45, 7) is 6.45. The van der Waals surface area contributed by atoms with Crippen molar-refractivity contribution in [3.63, 3.8) is 0 Å². The molecule has 0 aromatic heterocycles. The SMILES string of the molecule is CCN(CC)C(=O)C(C)OC(=O)c1cc(N)cc(OC)c1. The molecule has 21 heavy (non-hydrogen) atoms. The van der Waals surface area contributed by atoms with Gasteiger partial charge in [-0.05, 0) is 32.9 Å². The Morgan fingerprint density at radius 1 is 1.24 bits per heavy atom. The molecule has 0 fully saturated rings. The molecule has 0 heterocycles. The van der Waals surface area contributed by atoms with Gasteiger partial charge >= 0.3 is 5.97 Å². The molecule has 0 aliphatic heterocycles. The smallest absolute Gasteiger partial charge is 0.339 e. The topological polar surface area (TPSA) is 81.9 Å². The molecule has 0 saturated carbocycles. The Morgan fingerprint density at radius 2 is 1.86 bits per heavy atom. The molecule has 1 aromatic carbocycles. The Labute approximate surface area is 124 Å². The molecule has 0 aliphatic rings. The first-order valence-electron chi connectivity index (χ1n) is 6.87. The van der Waals surface area contributed by atoms with Crippen LogP contribution in [0.2, 0.25) is 0 Å². The number of benzene rings is 1. The van der Waals surface area contributed by atoms with E-state index in [1.54, 1.807) is 17.9 Å². The molecule has 1 unspecified atom stereocenters. The van der Waals surface area contributed by atoms with Crippen molar-refractivity contribution in [2.24, 2.45) is 0 Å². The van der Waals surface area contributed by atoms with E-state index in [0.717, 1.165) is 0 Å². The summed E-state index contributed by atoms with van der Waals surface area (Å²) in [5.41, 5.74) is 6.34. The maximum atomic E-state index is 12.1. The van der Waals surface area contributed by atoms with Crippen LogP contribution in [0.25, 0.3) is 0 Å². The number of amides is 1. The lowest BCUT2D eigenvalue weighted by Gasteiger charge is -2.22. The van der Waals surface area contributed by atoms with Gasteiger partial charge in [-0.3, -0.25) is 4.79 Å². The fraction of sp³-hybridized carbons (Fsp3) is 0.467. The maximum Gasteiger partial charge on any atom is 0.339 e. The van der Waals surface area contributed by atoms with Crippen LogP contribution in [0.1, 0.15) is 31.1 Å². The lowest BCUT2D eigenvalue weighted by atomic mass is 10.2. The summed E-state index contributed by atoms with van der Waals surface area (Å²) in [5.74, 6) is -0.359. The molecule has 116 valence electrons. The summed E-state index contributed by atoms with van der Waals surface area (Å²) >= 11 is 0. The number of carbonyl (C=O) groups is 2. The van der Waals surface area contributed by atoms with Crippen LogP contribution in [0.3, 0.4) is 0 Å². The maximum absolute atomic E-state index is 12.1. The molecule has 1 atom stereocenters. The number of rotatable bonds is 6. The van der Waals surface area contributed by atoms with Gasteiger partial charge in [0.25, 0.3) is 5.91 Å². The molecule has 6 heteroatoms. The summed E-state index contributed by atoms with van der Waals surface area (Å²) in [5, 5.41) is 0. The van der Waals surface area contributed by atoms with Crippen LogP contribution >= 0.6 is 0 Å². The van der Waals surface area contributed by atoms with Crippen molar-refractivity contribution in [3.8, 4) is 5.75 Å². The lowest BCUT2D eigenvalue weighted by molar-refractivity contribution is -0.139. The number of anilines is 1. The van der Waals surface area contributed by atoms with E-state index in [0.29, 0.717) is 24.5 Å². The summed E-state index contributed by atoms with van der Waals surface area (Å²) in [4.78, 5) is 25.7. The lowest BCUT2D eigenvalue weighted by Crippen LogP contribution is -2.39. The normalized spacial score (nSPS) is 11.6. The minimum absolute atomic E-state index is 0.218. The molecule has 0 spiro atoms. The van der Waals surface area contributed by atoms with Gasteiger partial charge in [-0.1, -0.05) is 0 Å². The van der Waals surface area contributed by atoms with Gasteiger partial charge in [0.05, 0.1) is 12.7 Å². The molecule has 0 radical (unpaired) electrons. The van der Waals surface area contributed by atoms with E-state index in [2.05, 4.69) is 0 Å². The first-order chi connectivity index (χ1) is 9.92. The standard InChI is InChI=1S/C15H22N2O4/c1-5-17(6-2)14(18)10(3)21-15(19)11-7-12(16)9-13(8-11)20-4/h7-10H,5-6,16H2,1-4H3. The predicted octanol–water partition coefficient (Wildman–Crippen LogP) is 1.69. The van der Waals surface area contributed by atoms with Crippen molar-refractivity contribution in [2.75, 3.05) is 25.9 Å². The number of esters is 1. The van der Waals surface area contributed by atoms with Crippen LogP contribution in [-0.4, -0.2) is 43.1 Å². The van der Waals surface area contributed by atoms with Crippen molar-refractivity contribution in [1.82, 2.24) is 4.90 Å². The molecular formula is C15H22N2O4. The second-order valence-electron chi connectivity index (χ2n) is 4.55. The number of carbonyl (C=O) groups excluding carboxylic acids is 2. The highest BCUT2D eigenvalue weighted by Gasteiger charge is 2.23. The molecule has 1 aromatic rings. The van der Waals surface area contributed by atoms with Crippen LogP contribution < -0.4 is 10.5 Å². The fourth-order valence-electron chi connectivity index (χ4n) is 1.93. The number of nitrogens with two attached hydrogens (primary N) is 1. The number of hydrogen-bond donors (Lipinski definition) is 1. The molecular weight excluding hydrogens is 272 g/mol. The number of nitrogens with zero attached hydrogens (tertiary/aromatic N) is 1. The zero-order valence-corrected chi connectivity index (χ0v) is 12.9. The van der Waals surface area contributed by atoms with Crippen LogP contribution in [0, 0.1) is 0 Å². The van der Waals surface area contributed by atoms with Gasteiger partial charge in [0, 0.05) is 24.8 Å². The van der Waals surface area contributed by atoms with Gasteiger partial charge in [-0.15, -0.1) is 0 Å². The van der Waals surface area contributed by atoms with Crippen molar-refractivity contribution in [2.45, 2.75) is 26.9 Å². The summed E-state index contributed by atoms with van der Waals surface area (Å²) < 4.78 is 10.2. The molecule has 2 N–H and O–H groups in total. The number of ether oxygens (including phenoxy) is 2. The van der Waals surface area contributed by atoms with Crippen molar-refractivity contribution >= 4 is 17.6 Å². The Hall–Kier alpha value is -2.24. The average molecular weight is 294 g/mol. The van der Waals surface area contributed by atoms with E-state index < -0.39 is 12.1 Å². The second kappa shape index (κ2) is 7.52. The van der Waals surface area contributed by atoms with Crippen LogP contribution in [-0.2, 0) is 9.53 Å². The largest absolute Gasteiger partial charge is 0.497 e. The molecule has 1 rings (SSSR count). The van der Waals surface area contributed by atoms with Crippen LogP contribution in [0.5, 0.6) is 5.75 Å². The number of nitrogen functional groups attached to an aromatic ring is 1. The van der Waals surface area contributed by atoms with Gasteiger partial charge in [0.15, 0.2) is 6.10 Å². The van der Waals surface area contributed by atoms with E-state index in [1.165, 1.54) is 19.2 Å². The Bertz CT molecular complexity index is 512. The van der Waals surface area contributed by atoms with Crippen LogP contribution in [0.15, 0.2) is 18.2 Å². The molecule has 0 saturated heterocycles. The van der Waals surface area contributed by atoms with Gasteiger partial charge in [-0.2, -0.15) is 0 Å². The monoisotopic (exact) mass is 294 g/mol. The summed E-state index contributed by atoms with van der Waals surface area (Å²) in [6.07, 6.45) is -0.843. The molecule has 0 aliphatic carbocycles.